The van der Waals surface area contributed by atoms with E-state index in [1.165, 1.54) is 18.2 Å². The summed E-state index contributed by atoms with van der Waals surface area (Å²) < 4.78 is 5.42. The summed E-state index contributed by atoms with van der Waals surface area (Å²) in [5.74, 6) is 0.978. The Morgan fingerprint density at radius 3 is 2.50 bits per heavy atom. The second kappa shape index (κ2) is 12.0. The first-order valence-electron chi connectivity index (χ1n) is 12.7. The molecule has 2 fully saturated rings. The maximum absolute atomic E-state index is 13.4. The van der Waals surface area contributed by atoms with Crippen LogP contribution in [0.1, 0.15) is 41.6 Å². The monoisotopic (exact) mass is 494 g/mol. The summed E-state index contributed by atoms with van der Waals surface area (Å²) in [5.41, 5.74) is 1.29. The first-order valence-corrected chi connectivity index (χ1v) is 12.7. The molecule has 9 heteroatoms. The zero-order valence-electron chi connectivity index (χ0n) is 20.7. The zero-order valence-corrected chi connectivity index (χ0v) is 20.7. The summed E-state index contributed by atoms with van der Waals surface area (Å²) in [6.07, 6.45) is 5.05. The fourth-order valence-corrected chi connectivity index (χ4v) is 5.42. The zero-order chi connectivity index (χ0) is 25.5. The Labute approximate surface area is 211 Å². The van der Waals surface area contributed by atoms with Crippen molar-refractivity contribution < 1.29 is 19.2 Å². The van der Waals surface area contributed by atoms with Crippen LogP contribution in [0, 0.1) is 16.0 Å². The second-order valence-corrected chi connectivity index (χ2v) is 9.48. The molecule has 36 heavy (non-hydrogen) atoms. The Kier molecular flexibility index (Phi) is 8.53. The SMILES string of the molecule is COc1ccccc1CCNC(=O)[C@H](C1CCCC1)N1CCN(C(=O)c2cccc([N+](=O)[O-])c2)CC1. The minimum Gasteiger partial charge on any atom is -0.496 e. The van der Waals surface area contributed by atoms with Crippen LogP contribution in [-0.4, -0.2) is 72.4 Å². The molecule has 0 spiro atoms. The van der Waals surface area contributed by atoms with Gasteiger partial charge in [0.05, 0.1) is 18.1 Å². The molecule has 1 saturated carbocycles. The Bertz CT molecular complexity index is 1080. The molecule has 2 aromatic rings. The summed E-state index contributed by atoms with van der Waals surface area (Å²) in [5, 5.41) is 14.2. The summed E-state index contributed by atoms with van der Waals surface area (Å²) in [6.45, 7) is 2.70. The molecular weight excluding hydrogens is 460 g/mol. The number of benzene rings is 2. The number of nitrogens with one attached hydrogen (secondary N) is 1. The van der Waals surface area contributed by atoms with Crippen LogP contribution in [0.3, 0.4) is 0 Å². The summed E-state index contributed by atoms with van der Waals surface area (Å²) in [7, 11) is 1.65. The Balaban J connectivity index is 1.36. The van der Waals surface area contributed by atoms with Crippen molar-refractivity contribution in [3.63, 3.8) is 0 Å². The van der Waals surface area contributed by atoms with Gasteiger partial charge < -0.3 is 15.0 Å². The average molecular weight is 495 g/mol. The van der Waals surface area contributed by atoms with Gasteiger partial charge in [0.1, 0.15) is 5.75 Å². The van der Waals surface area contributed by atoms with E-state index in [4.69, 9.17) is 4.74 Å². The van der Waals surface area contributed by atoms with Gasteiger partial charge in [-0.15, -0.1) is 0 Å². The van der Waals surface area contributed by atoms with Crippen LogP contribution in [0.5, 0.6) is 5.75 Å². The highest BCUT2D eigenvalue weighted by Gasteiger charge is 2.37. The smallest absolute Gasteiger partial charge is 0.270 e. The number of hydrogen-bond acceptors (Lipinski definition) is 6. The van der Waals surface area contributed by atoms with E-state index in [0.29, 0.717) is 50.6 Å². The van der Waals surface area contributed by atoms with Crippen molar-refractivity contribution in [1.82, 2.24) is 15.1 Å². The number of piperazine rings is 1. The number of para-hydroxylation sites is 1. The van der Waals surface area contributed by atoms with Crippen molar-refractivity contribution in [1.29, 1.82) is 0 Å². The van der Waals surface area contributed by atoms with Gasteiger partial charge in [-0.3, -0.25) is 24.6 Å². The van der Waals surface area contributed by atoms with E-state index in [-0.39, 0.29) is 23.5 Å². The predicted octanol–water partition coefficient (Wildman–Crippen LogP) is 3.28. The lowest BCUT2D eigenvalue weighted by atomic mass is 9.94. The molecule has 1 saturated heterocycles. The van der Waals surface area contributed by atoms with Gasteiger partial charge in [-0.1, -0.05) is 37.1 Å². The molecular formula is C27H34N4O5. The quantitative estimate of drug-likeness (QED) is 0.424. The molecule has 4 rings (SSSR count). The summed E-state index contributed by atoms with van der Waals surface area (Å²) in [6, 6.07) is 13.5. The largest absolute Gasteiger partial charge is 0.496 e. The molecule has 9 nitrogen and oxygen atoms in total. The van der Waals surface area contributed by atoms with E-state index in [1.54, 1.807) is 18.1 Å². The van der Waals surface area contributed by atoms with Crippen LogP contribution in [0.25, 0.3) is 0 Å². The van der Waals surface area contributed by atoms with Gasteiger partial charge in [-0.25, -0.2) is 0 Å². The molecule has 2 aliphatic rings. The van der Waals surface area contributed by atoms with Gasteiger partial charge in [0.2, 0.25) is 5.91 Å². The molecule has 192 valence electrons. The maximum Gasteiger partial charge on any atom is 0.270 e. The number of non-ortho nitro benzene ring substituents is 1. The number of ether oxygens (including phenoxy) is 1. The highest BCUT2D eigenvalue weighted by molar-refractivity contribution is 5.95. The standard InChI is InChI=1S/C27H34N4O5/c1-36-24-12-5-4-7-20(24)13-14-28-26(32)25(21-8-2-3-9-21)29-15-17-30(18-16-29)27(33)22-10-6-11-23(19-22)31(34)35/h4-7,10-12,19,21,25H,2-3,8-9,13-18H2,1H3,(H,28,32)/t25-/m0/s1. The minimum atomic E-state index is -0.493. The molecule has 0 unspecified atom stereocenters. The molecule has 1 atom stereocenters. The number of hydrogen-bond donors (Lipinski definition) is 1. The lowest BCUT2D eigenvalue weighted by Crippen LogP contribution is -2.58. The van der Waals surface area contributed by atoms with Crippen LogP contribution in [-0.2, 0) is 11.2 Å². The van der Waals surface area contributed by atoms with Gasteiger partial charge in [0.15, 0.2) is 0 Å². The van der Waals surface area contributed by atoms with E-state index in [9.17, 15) is 19.7 Å². The van der Waals surface area contributed by atoms with Crippen LogP contribution in [0.15, 0.2) is 48.5 Å². The number of nitrogens with zero attached hydrogens (tertiary/aromatic N) is 3. The molecule has 0 aromatic heterocycles. The second-order valence-electron chi connectivity index (χ2n) is 9.48. The van der Waals surface area contributed by atoms with Gasteiger partial charge in [-0.05, 0) is 42.9 Å². The lowest BCUT2D eigenvalue weighted by molar-refractivity contribution is -0.384. The summed E-state index contributed by atoms with van der Waals surface area (Å²) in [4.78, 5) is 40.9. The molecule has 2 aromatic carbocycles. The maximum atomic E-state index is 13.4. The number of nitro benzene ring substituents is 1. The van der Waals surface area contributed by atoms with Crippen LogP contribution in [0.2, 0.25) is 0 Å². The number of rotatable bonds is 9. The Morgan fingerprint density at radius 2 is 1.81 bits per heavy atom. The molecule has 2 amide bonds. The first kappa shape index (κ1) is 25.6. The lowest BCUT2D eigenvalue weighted by Gasteiger charge is -2.40. The van der Waals surface area contributed by atoms with Crippen LogP contribution >= 0.6 is 0 Å². The fourth-order valence-electron chi connectivity index (χ4n) is 5.42. The topological polar surface area (TPSA) is 105 Å². The molecule has 1 N–H and O–H groups in total. The van der Waals surface area contributed by atoms with Crippen molar-refractivity contribution >= 4 is 17.5 Å². The number of nitro groups is 1. The third kappa shape index (κ3) is 6.02. The van der Waals surface area contributed by atoms with E-state index in [1.807, 2.05) is 24.3 Å². The van der Waals surface area contributed by atoms with E-state index in [0.717, 1.165) is 37.0 Å². The van der Waals surface area contributed by atoms with Crippen molar-refractivity contribution in [2.75, 3.05) is 39.8 Å². The van der Waals surface area contributed by atoms with E-state index >= 15 is 0 Å². The first-order chi connectivity index (χ1) is 17.5. The number of carbonyl (C=O) groups excluding carboxylic acids is 2. The van der Waals surface area contributed by atoms with Gasteiger partial charge in [0.25, 0.3) is 11.6 Å². The fraction of sp³-hybridized carbons (Fsp3) is 0.481. The molecule has 1 heterocycles. The number of amides is 2. The number of methoxy groups -OCH3 is 1. The van der Waals surface area contributed by atoms with Crippen molar-refractivity contribution in [2.24, 2.45) is 5.92 Å². The van der Waals surface area contributed by atoms with Crippen molar-refractivity contribution in [2.45, 2.75) is 38.1 Å². The van der Waals surface area contributed by atoms with Gasteiger partial charge in [0, 0.05) is 50.4 Å². The molecule has 1 aliphatic heterocycles. The average Bonchev–Trinajstić information content (AvgIpc) is 3.43. The minimum absolute atomic E-state index is 0.0512. The molecule has 0 radical (unpaired) electrons. The highest BCUT2D eigenvalue weighted by Crippen LogP contribution is 2.31. The van der Waals surface area contributed by atoms with Crippen molar-refractivity contribution in [3.8, 4) is 5.75 Å². The molecule has 1 aliphatic carbocycles. The van der Waals surface area contributed by atoms with Gasteiger partial charge in [-0.2, -0.15) is 0 Å². The predicted molar refractivity (Wildman–Crippen MR) is 136 cm³/mol. The Morgan fingerprint density at radius 1 is 1.08 bits per heavy atom. The summed E-state index contributed by atoms with van der Waals surface area (Å²) >= 11 is 0. The highest BCUT2D eigenvalue weighted by atomic mass is 16.6. The van der Waals surface area contributed by atoms with E-state index < -0.39 is 4.92 Å². The van der Waals surface area contributed by atoms with Gasteiger partial charge >= 0.3 is 0 Å². The van der Waals surface area contributed by atoms with Crippen LogP contribution in [0.4, 0.5) is 5.69 Å². The van der Waals surface area contributed by atoms with Crippen molar-refractivity contribution in [3.05, 3.63) is 69.8 Å². The van der Waals surface area contributed by atoms with E-state index in [2.05, 4.69) is 10.2 Å². The third-order valence-corrected chi connectivity index (χ3v) is 7.30. The third-order valence-electron chi connectivity index (χ3n) is 7.30. The normalized spacial score (nSPS) is 17.5. The number of carbonyl (C=O) groups is 2. The Hall–Kier alpha value is -3.46. The molecule has 0 bridgehead atoms. The van der Waals surface area contributed by atoms with Crippen LogP contribution < -0.4 is 10.1 Å².